The van der Waals surface area contributed by atoms with Crippen LogP contribution in [0, 0.1) is 0 Å². The Morgan fingerprint density at radius 2 is 2.00 bits per heavy atom. The molecule has 0 aromatic carbocycles. The quantitative estimate of drug-likeness (QED) is 0.534. The summed E-state index contributed by atoms with van der Waals surface area (Å²) in [5.41, 5.74) is 0. The molecule has 0 aromatic rings. The average molecular weight is 277 g/mol. The van der Waals surface area contributed by atoms with Crippen molar-refractivity contribution in [3.63, 3.8) is 0 Å². The molecule has 0 amide bonds. The molecule has 0 bridgehead atoms. The van der Waals surface area contributed by atoms with Gasteiger partial charge in [-0.25, -0.2) is 0 Å². The van der Waals surface area contributed by atoms with Crippen molar-refractivity contribution in [1.29, 1.82) is 0 Å². The van der Waals surface area contributed by atoms with Crippen molar-refractivity contribution in [2.75, 3.05) is 0 Å². The molecule has 0 fully saturated rings. The van der Waals surface area contributed by atoms with E-state index in [0.717, 1.165) is 0 Å². The zero-order valence-corrected chi connectivity index (χ0v) is 9.21. The van der Waals surface area contributed by atoms with Gasteiger partial charge in [0.05, 0.1) is 0 Å². The van der Waals surface area contributed by atoms with Crippen LogP contribution in [0.2, 0.25) is 0 Å². The van der Waals surface area contributed by atoms with Gasteiger partial charge >= 0.3 is 66.7 Å². The van der Waals surface area contributed by atoms with E-state index in [2.05, 4.69) is 10.7 Å². The third-order valence-electron chi connectivity index (χ3n) is 1.20. The second-order valence-electron chi connectivity index (χ2n) is 2.05. The molecular formula is C7H14Hf+2. The molecule has 0 spiro atoms. The fourth-order valence-electron chi connectivity index (χ4n) is 0.673. The molecule has 0 aliphatic heterocycles. The van der Waals surface area contributed by atoms with Gasteiger partial charge in [0.1, 0.15) is 0 Å². The Kier molecular flexibility index (Phi) is 8.46. The molecule has 0 rings (SSSR count). The van der Waals surface area contributed by atoms with E-state index in [1.165, 1.54) is 56.0 Å². The Bertz CT molecular complexity index is 50.3. The second-order valence-corrected chi connectivity index (χ2v) is 3.52. The first-order valence-corrected chi connectivity index (χ1v) is 5.48. The minimum atomic E-state index is 1.28. The molecule has 0 saturated heterocycles. The molecule has 0 aliphatic rings. The molecule has 0 aromatic heterocycles. The van der Waals surface area contributed by atoms with Gasteiger partial charge in [0.2, 0.25) is 0 Å². The first-order chi connectivity index (χ1) is 3.91. The summed E-state index contributed by atoms with van der Waals surface area (Å²) in [5.74, 6) is 0. The summed E-state index contributed by atoms with van der Waals surface area (Å²) in [4.78, 5) is 0. The van der Waals surface area contributed by atoms with Gasteiger partial charge in [0, 0.05) is 0 Å². The Balaban J connectivity index is 2.62. The molecule has 0 radical (unpaired) electrons. The van der Waals surface area contributed by atoms with Gasteiger partial charge in [-0.05, 0) is 0 Å². The molecule has 1 heteroatoms. The average Bonchev–Trinajstić information content (AvgIpc) is 1.81. The van der Waals surface area contributed by atoms with Gasteiger partial charge in [0.15, 0.2) is 0 Å². The third-order valence-corrected chi connectivity index (χ3v) is 2.24. The van der Waals surface area contributed by atoms with Crippen LogP contribution in [0.4, 0.5) is 0 Å². The molecule has 0 atom stereocenters. The topological polar surface area (TPSA) is 0 Å². The van der Waals surface area contributed by atoms with E-state index < -0.39 is 0 Å². The molecule has 8 heavy (non-hydrogen) atoms. The first kappa shape index (κ1) is 8.74. The summed E-state index contributed by atoms with van der Waals surface area (Å²) in [7, 11) is 0. The van der Waals surface area contributed by atoms with E-state index in [-0.39, 0.29) is 0 Å². The molecule has 44 valence electrons. The van der Waals surface area contributed by atoms with E-state index in [1.54, 1.807) is 0 Å². The Labute approximate surface area is 66.7 Å². The number of hydrogen-bond acceptors (Lipinski definition) is 0. The summed E-state index contributed by atoms with van der Waals surface area (Å²) >= 11 is 1.28. The van der Waals surface area contributed by atoms with E-state index >= 15 is 0 Å². The number of hydrogen-bond donors (Lipinski definition) is 0. The normalized spacial score (nSPS) is 9.38. The molecule has 0 aliphatic carbocycles. The van der Waals surface area contributed by atoms with Crippen molar-refractivity contribution in [3.05, 3.63) is 0 Å². The van der Waals surface area contributed by atoms with Crippen LogP contribution < -0.4 is 0 Å². The van der Waals surface area contributed by atoms with Crippen LogP contribution in [0.25, 0.3) is 0 Å². The van der Waals surface area contributed by atoms with Crippen LogP contribution in [0.5, 0.6) is 0 Å². The van der Waals surface area contributed by atoms with Gasteiger partial charge in [0.25, 0.3) is 0 Å². The van der Waals surface area contributed by atoms with Gasteiger partial charge < -0.3 is 0 Å². The standard InChI is InChI=1S/C7H14.Hf/c1-3-5-7-6-4-2;/h1H,3-7H2,2H3;/q;+2. The third kappa shape index (κ3) is 6.74. The summed E-state index contributed by atoms with van der Waals surface area (Å²) < 4.78 is 2.38. The number of unbranched alkanes of at least 4 members (excludes halogenated alkanes) is 4. The van der Waals surface area contributed by atoms with Crippen LogP contribution >= 0.6 is 0 Å². The van der Waals surface area contributed by atoms with E-state index in [0.29, 0.717) is 0 Å². The van der Waals surface area contributed by atoms with Gasteiger partial charge in [-0.1, -0.05) is 0 Å². The first-order valence-electron chi connectivity index (χ1n) is 3.40. The molecule has 0 unspecified atom stereocenters. The fraction of sp³-hybridized carbons (Fsp3) is 0.857. The van der Waals surface area contributed by atoms with Crippen molar-refractivity contribution < 1.29 is 23.9 Å². The van der Waals surface area contributed by atoms with Crippen molar-refractivity contribution in [2.45, 2.75) is 39.0 Å². The Hall–Kier alpha value is 0.740. The monoisotopic (exact) mass is 278 g/mol. The van der Waals surface area contributed by atoms with Crippen molar-refractivity contribution in [1.82, 2.24) is 0 Å². The Morgan fingerprint density at radius 1 is 1.25 bits per heavy atom. The van der Waals surface area contributed by atoms with E-state index in [9.17, 15) is 0 Å². The van der Waals surface area contributed by atoms with Crippen molar-refractivity contribution in [3.8, 4) is 0 Å². The van der Waals surface area contributed by atoms with Crippen LogP contribution in [-0.4, -0.2) is 3.76 Å². The van der Waals surface area contributed by atoms with Crippen LogP contribution in [0.1, 0.15) is 39.0 Å². The van der Waals surface area contributed by atoms with Crippen molar-refractivity contribution in [2.24, 2.45) is 0 Å². The predicted octanol–water partition coefficient (Wildman–Crippen LogP) is 2.31. The van der Waals surface area contributed by atoms with Crippen molar-refractivity contribution >= 4 is 3.76 Å². The second kappa shape index (κ2) is 7.74. The molecule has 0 saturated carbocycles. The Morgan fingerprint density at radius 3 is 2.50 bits per heavy atom. The maximum atomic E-state index is 2.38. The van der Waals surface area contributed by atoms with Gasteiger partial charge in [-0.15, -0.1) is 0 Å². The molecule has 0 N–H and O–H groups in total. The zero-order valence-electron chi connectivity index (χ0n) is 5.61. The van der Waals surface area contributed by atoms with E-state index in [1.807, 2.05) is 0 Å². The predicted molar refractivity (Wildman–Crippen MR) is 34.8 cm³/mol. The number of rotatable bonds is 5. The summed E-state index contributed by atoms with van der Waals surface area (Å²) in [6.07, 6.45) is 7.02. The van der Waals surface area contributed by atoms with Gasteiger partial charge in [-0.3, -0.25) is 0 Å². The maximum absolute atomic E-state index is 2.38. The molecular weight excluding hydrogens is 263 g/mol. The molecule has 0 heterocycles. The molecule has 0 nitrogen and oxygen atoms in total. The van der Waals surface area contributed by atoms with Crippen LogP contribution in [0.15, 0.2) is 0 Å². The van der Waals surface area contributed by atoms with Crippen LogP contribution in [-0.2, 0) is 23.9 Å². The SMILES string of the molecule is CCCCCC[CH]=[Hf+2]. The zero-order chi connectivity index (χ0) is 6.24. The van der Waals surface area contributed by atoms with Crippen LogP contribution in [0.3, 0.4) is 0 Å². The summed E-state index contributed by atoms with van der Waals surface area (Å²) in [5, 5.41) is 0. The summed E-state index contributed by atoms with van der Waals surface area (Å²) in [6, 6.07) is 0. The summed E-state index contributed by atoms with van der Waals surface area (Å²) in [6.45, 7) is 2.25. The fourth-order valence-corrected chi connectivity index (χ4v) is 1.41. The minimum absolute atomic E-state index is 1.28. The van der Waals surface area contributed by atoms with E-state index in [4.69, 9.17) is 0 Å². The van der Waals surface area contributed by atoms with Gasteiger partial charge in [-0.2, -0.15) is 0 Å².